The zero-order valence-electron chi connectivity index (χ0n) is 9.34. The van der Waals surface area contributed by atoms with Gasteiger partial charge in [-0.2, -0.15) is 0 Å². The van der Waals surface area contributed by atoms with Gasteiger partial charge in [0, 0.05) is 6.04 Å². The van der Waals surface area contributed by atoms with Gasteiger partial charge in [0.25, 0.3) is 0 Å². The minimum atomic E-state index is 0.559. The molecule has 0 aromatic heterocycles. The van der Waals surface area contributed by atoms with Gasteiger partial charge in [0.1, 0.15) is 0 Å². The van der Waals surface area contributed by atoms with E-state index in [4.69, 9.17) is 5.73 Å². The number of nitrogens with two attached hydrogens (primary N) is 1. The van der Waals surface area contributed by atoms with Crippen LogP contribution in [0.25, 0.3) is 0 Å². The van der Waals surface area contributed by atoms with Crippen molar-refractivity contribution in [3.8, 4) is 0 Å². The largest absolute Gasteiger partial charge is 0.327 e. The second-order valence-electron chi connectivity index (χ2n) is 6.23. The summed E-state index contributed by atoms with van der Waals surface area (Å²) in [5.74, 6) is 2.84. The second kappa shape index (κ2) is 2.98. The van der Waals surface area contributed by atoms with Gasteiger partial charge in [-0.1, -0.05) is 19.8 Å². The van der Waals surface area contributed by atoms with Crippen LogP contribution in [0.15, 0.2) is 0 Å². The van der Waals surface area contributed by atoms with Crippen LogP contribution in [0.1, 0.15) is 51.9 Å². The molecule has 0 saturated heterocycles. The Balaban J connectivity index is 1.87. The summed E-state index contributed by atoms with van der Waals surface area (Å²) in [6.45, 7) is 2.43. The van der Waals surface area contributed by atoms with E-state index in [0.29, 0.717) is 11.5 Å². The average Bonchev–Trinajstić information content (AvgIpc) is 2.71. The molecular weight excluding hydrogens is 170 g/mol. The van der Waals surface area contributed by atoms with Crippen molar-refractivity contribution in [2.45, 2.75) is 57.9 Å². The molecule has 1 nitrogen and oxygen atoms in total. The van der Waals surface area contributed by atoms with Crippen molar-refractivity contribution in [1.82, 2.24) is 0 Å². The Morgan fingerprint density at radius 3 is 2.71 bits per heavy atom. The highest BCUT2D eigenvalue weighted by molar-refractivity contribution is 5.09. The fraction of sp³-hybridized carbons (Fsp3) is 1.00. The Labute approximate surface area is 87.4 Å². The molecule has 0 aromatic carbocycles. The third-order valence-electron chi connectivity index (χ3n) is 5.53. The predicted octanol–water partition coefficient (Wildman–Crippen LogP) is 2.94. The first-order valence-corrected chi connectivity index (χ1v) is 6.48. The first kappa shape index (κ1) is 9.21. The zero-order valence-corrected chi connectivity index (χ0v) is 9.34. The Morgan fingerprint density at radius 1 is 1.21 bits per heavy atom. The van der Waals surface area contributed by atoms with Crippen LogP contribution in [0.5, 0.6) is 0 Å². The van der Waals surface area contributed by atoms with Crippen LogP contribution < -0.4 is 5.73 Å². The van der Waals surface area contributed by atoms with Gasteiger partial charge in [-0.25, -0.2) is 0 Å². The molecule has 2 N–H and O–H groups in total. The van der Waals surface area contributed by atoms with Crippen LogP contribution in [-0.2, 0) is 0 Å². The molecule has 2 bridgehead atoms. The van der Waals surface area contributed by atoms with Gasteiger partial charge < -0.3 is 5.73 Å². The molecule has 0 heterocycles. The normalized spacial score (nSPS) is 57.0. The predicted molar refractivity (Wildman–Crippen MR) is 58.9 cm³/mol. The van der Waals surface area contributed by atoms with Gasteiger partial charge in [0.15, 0.2) is 0 Å². The van der Waals surface area contributed by atoms with Crippen molar-refractivity contribution in [3.63, 3.8) is 0 Å². The molecule has 0 aromatic rings. The molecule has 1 unspecified atom stereocenters. The first-order chi connectivity index (χ1) is 6.72. The SMILES string of the molecule is C[C@H]1CCCC2(C1)[C@@H]1CC[C@@H](C1)[C@@H]2N. The summed E-state index contributed by atoms with van der Waals surface area (Å²) < 4.78 is 0. The van der Waals surface area contributed by atoms with E-state index in [1.165, 1.54) is 44.9 Å². The molecule has 3 aliphatic rings. The lowest BCUT2D eigenvalue weighted by Gasteiger charge is -2.47. The van der Waals surface area contributed by atoms with E-state index in [1.54, 1.807) is 0 Å². The van der Waals surface area contributed by atoms with Crippen molar-refractivity contribution < 1.29 is 0 Å². The van der Waals surface area contributed by atoms with Gasteiger partial charge in [0.05, 0.1) is 0 Å². The van der Waals surface area contributed by atoms with E-state index in [0.717, 1.165) is 17.8 Å². The topological polar surface area (TPSA) is 26.0 Å². The van der Waals surface area contributed by atoms with Crippen LogP contribution in [0.2, 0.25) is 0 Å². The quantitative estimate of drug-likeness (QED) is 0.629. The highest BCUT2D eigenvalue weighted by atomic mass is 14.8. The van der Waals surface area contributed by atoms with Gasteiger partial charge in [0.2, 0.25) is 0 Å². The lowest BCUT2D eigenvalue weighted by molar-refractivity contribution is 0.0531. The Kier molecular flexibility index (Phi) is 1.96. The van der Waals surface area contributed by atoms with E-state index < -0.39 is 0 Å². The highest BCUT2D eigenvalue weighted by Gasteiger charge is 2.56. The zero-order chi connectivity index (χ0) is 9.76. The maximum atomic E-state index is 6.49. The Bertz CT molecular complexity index is 233. The van der Waals surface area contributed by atoms with Crippen LogP contribution in [0.3, 0.4) is 0 Å². The standard InChI is InChI=1S/C13H23N/c1-9-3-2-6-13(8-9)11-5-4-10(7-11)12(13)14/h9-12H,2-8,14H2,1H3/t9-,10-,11+,12-,13?/m0/s1. The van der Waals surface area contributed by atoms with Crippen LogP contribution in [0, 0.1) is 23.2 Å². The molecule has 5 atom stereocenters. The molecule has 0 radical (unpaired) electrons. The van der Waals surface area contributed by atoms with Crippen LogP contribution in [-0.4, -0.2) is 6.04 Å². The molecule has 3 rings (SSSR count). The molecule has 3 saturated carbocycles. The van der Waals surface area contributed by atoms with Crippen molar-refractivity contribution in [3.05, 3.63) is 0 Å². The first-order valence-electron chi connectivity index (χ1n) is 6.48. The maximum absolute atomic E-state index is 6.49. The Hall–Kier alpha value is -0.0400. The monoisotopic (exact) mass is 193 g/mol. The summed E-state index contributed by atoms with van der Waals surface area (Å²) in [5, 5.41) is 0. The lowest BCUT2D eigenvalue weighted by atomic mass is 9.60. The number of rotatable bonds is 0. The van der Waals surface area contributed by atoms with Crippen molar-refractivity contribution in [2.75, 3.05) is 0 Å². The van der Waals surface area contributed by atoms with Gasteiger partial charge in [-0.05, 0) is 55.3 Å². The second-order valence-corrected chi connectivity index (χ2v) is 6.23. The van der Waals surface area contributed by atoms with E-state index in [9.17, 15) is 0 Å². The average molecular weight is 193 g/mol. The van der Waals surface area contributed by atoms with Crippen molar-refractivity contribution in [2.24, 2.45) is 28.9 Å². The van der Waals surface area contributed by atoms with Crippen LogP contribution >= 0.6 is 0 Å². The van der Waals surface area contributed by atoms with Gasteiger partial charge in [-0.3, -0.25) is 0 Å². The minimum Gasteiger partial charge on any atom is -0.327 e. The van der Waals surface area contributed by atoms with Crippen LogP contribution in [0.4, 0.5) is 0 Å². The number of fused-ring (bicyclic) bond motifs is 3. The maximum Gasteiger partial charge on any atom is 0.0127 e. The molecule has 3 aliphatic carbocycles. The molecule has 3 fully saturated rings. The third-order valence-corrected chi connectivity index (χ3v) is 5.53. The summed E-state index contributed by atoms with van der Waals surface area (Å²) in [6.07, 6.45) is 10.2. The van der Waals surface area contributed by atoms with Gasteiger partial charge in [-0.15, -0.1) is 0 Å². The smallest absolute Gasteiger partial charge is 0.0127 e. The third kappa shape index (κ3) is 1.05. The summed E-state index contributed by atoms with van der Waals surface area (Å²) >= 11 is 0. The highest BCUT2D eigenvalue weighted by Crippen LogP contribution is 2.61. The fourth-order valence-electron chi connectivity index (χ4n) is 4.91. The van der Waals surface area contributed by atoms with E-state index in [2.05, 4.69) is 6.92 Å². The molecule has 0 amide bonds. The molecule has 0 aliphatic heterocycles. The minimum absolute atomic E-state index is 0.559. The van der Waals surface area contributed by atoms with E-state index in [-0.39, 0.29) is 0 Å². The summed E-state index contributed by atoms with van der Waals surface area (Å²) in [4.78, 5) is 0. The molecule has 1 heteroatoms. The lowest BCUT2D eigenvalue weighted by Crippen LogP contribution is -2.48. The fourth-order valence-corrected chi connectivity index (χ4v) is 4.91. The Morgan fingerprint density at radius 2 is 2.07 bits per heavy atom. The summed E-state index contributed by atoms with van der Waals surface area (Å²) in [7, 11) is 0. The number of hydrogen-bond donors (Lipinski definition) is 1. The molecule has 1 spiro atoms. The molecule has 14 heavy (non-hydrogen) atoms. The summed E-state index contributed by atoms with van der Waals surface area (Å²) in [6, 6.07) is 0.559. The molecule has 80 valence electrons. The van der Waals surface area contributed by atoms with E-state index >= 15 is 0 Å². The molecular formula is C13H23N. The number of hydrogen-bond acceptors (Lipinski definition) is 1. The van der Waals surface area contributed by atoms with E-state index in [1.807, 2.05) is 0 Å². The van der Waals surface area contributed by atoms with Crippen molar-refractivity contribution >= 4 is 0 Å². The van der Waals surface area contributed by atoms with Crippen molar-refractivity contribution in [1.29, 1.82) is 0 Å². The summed E-state index contributed by atoms with van der Waals surface area (Å²) in [5.41, 5.74) is 7.09. The van der Waals surface area contributed by atoms with Gasteiger partial charge >= 0.3 is 0 Å².